The molecule has 1 fully saturated rings. The van der Waals surface area contributed by atoms with Crippen molar-refractivity contribution < 1.29 is 14.0 Å². The number of nitrogens with zero attached hydrogens (tertiary/aromatic N) is 7. The molecule has 1 aliphatic rings. The molecule has 6 rings (SSSR count). The molecule has 2 amide bonds. The zero-order chi connectivity index (χ0) is 26.8. The van der Waals surface area contributed by atoms with Crippen LogP contribution >= 0.6 is 0 Å². The minimum Gasteiger partial charge on any atom is -0.363 e. The van der Waals surface area contributed by atoms with Gasteiger partial charge in [0, 0.05) is 42.6 Å². The van der Waals surface area contributed by atoms with Crippen molar-refractivity contribution in [2.45, 2.75) is 19.4 Å². The van der Waals surface area contributed by atoms with Gasteiger partial charge in [-0.2, -0.15) is 10.2 Å². The molecule has 1 saturated heterocycles. The standard InChI is InChI=1S/C22H20FN5O.C5H5N3O/c1-14-11-21(19-9-10-26(2)25-19)27(22(14)29)18-7-8-20-15(12-18)13-24-28(20)17-5-3-16(23)4-6-17;6-4(9)5-7-2-1-3-8-5/h3-10,12-14,21H,11H2,1-2H3;1-3H,(H2,6,9)/t14-,21-;/m0./s1. The van der Waals surface area contributed by atoms with Crippen molar-refractivity contribution in [2.24, 2.45) is 18.7 Å². The highest BCUT2D eigenvalue weighted by molar-refractivity contribution is 5.99. The maximum atomic E-state index is 13.2. The molecular formula is C27H25FN8O2. The van der Waals surface area contributed by atoms with Crippen LogP contribution in [-0.2, 0) is 11.8 Å². The van der Waals surface area contributed by atoms with Crippen molar-refractivity contribution >= 4 is 28.4 Å². The monoisotopic (exact) mass is 512 g/mol. The number of hydrogen-bond donors (Lipinski definition) is 1. The number of aryl methyl sites for hydroxylation is 1. The largest absolute Gasteiger partial charge is 0.363 e. The molecule has 11 heteroatoms. The van der Waals surface area contributed by atoms with Gasteiger partial charge in [0.1, 0.15) is 5.82 Å². The molecule has 1 aliphatic heterocycles. The van der Waals surface area contributed by atoms with E-state index in [1.165, 1.54) is 24.5 Å². The predicted octanol–water partition coefficient (Wildman–Crippen LogP) is 3.59. The van der Waals surface area contributed by atoms with Gasteiger partial charge in [-0.15, -0.1) is 0 Å². The Morgan fingerprint density at radius 2 is 1.76 bits per heavy atom. The van der Waals surface area contributed by atoms with Crippen molar-refractivity contribution in [3.63, 3.8) is 0 Å². The summed E-state index contributed by atoms with van der Waals surface area (Å²) in [7, 11) is 1.88. The molecule has 4 heterocycles. The molecule has 0 bridgehead atoms. The minimum absolute atomic E-state index is 0.0532. The predicted molar refractivity (Wildman–Crippen MR) is 139 cm³/mol. The number of aromatic nitrogens is 6. The molecule has 0 spiro atoms. The van der Waals surface area contributed by atoms with Gasteiger partial charge in [-0.25, -0.2) is 19.0 Å². The van der Waals surface area contributed by atoms with E-state index in [4.69, 9.17) is 5.73 Å². The number of hydrogen-bond acceptors (Lipinski definition) is 6. The average Bonchev–Trinajstić information content (AvgIpc) is 3.62. The number of nitrogens with two attached hydrogens (primary N) is 1. The number of amides is 2. The summed E-state index contributed by atoms with van der Waals surface area (Å²) in [6.45, 7) is 1.96. The maximum Gasteiger partial charge on any atom is 0.286 e. The number of carbonyl (C=O) groups is 2. The summed E-state index contributed by atoms with van der Waals surface area (Å²) in [6, 6.07) is 15.6. The SMILES string of the molecule is C[C@H]1C[C@@H](c2ccn(C)n2)N(c2ccc3c(cnn3-c3ccc(F)cc3)c2)C1=O.NC(=O)c1ncccn1. The number of carbonyl (C=O) groups excluding carboxylic acids is 2. The highest BCUT2D eigenvalue weighted by Crippen LogP contribution is 2.40. The fourth-order valence-electron chi connectivity index (χ4n) is 4.49. The molecule has 0 unspecified atom stereocenters. The number of halogens is 1. The molecule has 5 aromatic rings. The molecule has 10 nitrogen and oxygen atoms in total. The summed E-state index contributed by atoms with van der Waals surface area (Å²) in [4.78, 5) is 32.3. The number of rotatable bonds is 4. The van der Waals surface area contributed by atoms with Crippen LogP contribution in [0.5, 0.6) is 0 Å². The van der Waals surface area contributed by atoms with E-state index >= 15 is 0 Å². The molecular weight excluding hydrogens is 487 g/mol. The lowest BCUT2D eigenvalue weighted by Gasteiger charge is -2.23. The summed E-state index contributed by atoms with van der Waals surface area (Å²) in [6.07, 6.45) is 7.34. The summed E-state index contributed by atoms with van der Waals surface area (Å²) in [5.41, 5.74) is 8.26. The normalized spacial score (nSPS) is 16.9. The van der Waals surface area contributed by atoms with Gasteiger partial charge in [0.25, 0.3) is 5.91 Å². The third kappa shape index (κ3) is 4.85. The van der Waals surface area contributed by atoms with E-state index in [0.717, 1.165) is 34.4 Å². The van der Waals surface area contributed by atoms with Crippen LogP contribution in [0.4, 0.5) is 10.1 Å². The maximum absolute atomic E-state index is 13.2. The second-order valence-electron chi connectivity index (χ2n) is 8.99. The van der Waals surface area contributed by atoms with Crippen molar-refractivity contribution in [3.05, 3.63) is 96.7 Å². The summed E-state index contributed by atoms with van der Waals surface area (Å²) in [5.74, 6) is -0.784. The van der Waals surface area contributed by atoms with Crippen molar-refractivity contribution in [1.29, 1.82) is 0 Å². The van der Waals surface area contributed by atoms with Crippen LogP contribution in [0, 0.1) is 11.7 Å². The quantitative estimate of drug-likeness (QED) is 0.392. The third-order valence-corrected chi connectivity index (χ3v) is 6.31. The minimum atomic E-state index is -0.601. The molecule has 2 atom stereocenters. The number of fused-ring (bicyclic) bond motifs is 1. The van der Waals surface area contributed by atoms with Gasteiger partial charge in [0.2, 0.25) is 11.7 Å². The summed E-state index contributed by atoms with van der Waals surface area (Å²) < 4.78 is 16.8. The van der Waals surface area contributed by atoms with Crippen molar-refractivity contribution in [3.8, 4) is 5.69 Å². The summed E-state index contributed by atoms with van der Waals surface area (Å²) >= 11 is 0. The van der Waals surface area contributed by atoms with Gasteiger partial charge in [-0.1, -0.05) is 6.92 Å². The topological polar surface area (TPSA) is 125 Å². The fourth-order valence-corrected chi connectivity index (χ4v) is 4.49. The van der Waals surface area contributed by atoms with Crippen molar-refractivity contribution in [1.82, 2.24) is 29.5 Å². The molecule has 0 aliphatic carbocycles. The fraction of sp³-hybridized carbons (Fsp3) is 0.185. The van der Waals surface area contributed by atoms with E-state index in [1.54, 1.807) is 33.8 Å². The second kappa shape index (κ2) is 10.2. The Bertz CT molecular complexity index is 1600. The van der Waals surface area contributed by atoms with E-state index in [9.17, 15) is 14.0 Å². The Balaban J connectivity index is 0.000000278. The lowest BCUT2D eigenvalue weighted by atomic mass is 10.1. The van der Waals surface area contributed by atoms with E-state index in [0.29, 0.717) is 0 Å². The number of primary amides is 1. The molecule has 2 aromatic carbocycles. The van der Waals surface area contributed by atoms with Crippen LogP contribution < -0.4 is 10.6 Å². The van der Waals surface area contributed by atoms with Gasteiger partial charge in [0.05, 0.1) is 29.1 Å². The zero-order valence-corrected chi connectivity index (χ0v) is 20.8. The summed E-state index contributed by atoms with van der Waals surface area (Å²) in [5, 5.41) is 9.89. The molecule has 3 aromatic heterocycles. The Hall–Kier alpha value is -4.93. The van der Waals surface area contributed by atoms with E-state index in [1.807, 2.05) is 49.3 Å². The van der Waals surface area contributed by atoms with Crippen LogP contribution in [-0.4, -0.2) is 41.3 Å². The highest BCUT2D eigenvalue weighted by Gasteiger charge is 2.39. The Labute approximate surface area is 217 Å². The van der Waals surface area contributed by atoms with Crippen LogP contribution in [0.3, 0.4) is 0 Å². The lowest BCUT2D eigenvalue weighted by molar-refractivity contribution is -0.120. The number of anilines is 1. The van der Waals surface area contributed by atoms with Crippen LogP contribution in [0.15, 0.2) is 79.4 Å². The van der Waals surface area contributed by atoms with Gasteiger partial charge in [-0.05, 0) is 61.0 Å². The third-order valence-electron chi connectivity index (χ3n) is 6.31. The molecule has 0 radical (unpaired) electrons. The number of benzene rings is 2. The van der Waals surface area contributed by atoms with Gasteiger partial charge >= 0.3 is 0 Å². The molecule has 2 N–H and O–H groups in total. The van der Waals surface area contributed by atoms with E-state index in [-0.39, 0.29) is 29.5 Å². The molecule has 192 valence electrons. The lowest BCUT2D eigenvalue weighted by Crippen LogP contribution is -2.29. The van der Waals surface area contributed by atoms with Gasteiger partial charge in [-0.3, -0.25) is 14.3 Å². The van der Waals surface area contributed by atoms with Crippen LogP contribution in [0.25, 0.3) is 16.6 Å². The first-order valence-corrected chi connectivity index (χ1v) is 11.9. The molecule has 0 saturated carbocycles. The molecule has 38 heavy (non-hydrogen) atoms. The average molecular weight is 513 g/mol. The Kier molecular flexibility index (Phi) is 6.65. The van der Waals surface area contributed by atoms with E-state index in [2.05, 4.69) is 20.2 Å². The second-order valence-corrected chi connectivity index (χ2v) is 8.99. The Morgan fingerprint density at radius 3 is 2.39 bits per heavy atom. The first kappa shape index (κ1) is 24.8. The zero-order valence-electron chi connectivity index (χ0n) is 20.8. The van der Waals surface area contributed by atoms with Gasteiger partial charge < -0.3 is 10.6 Å². The van der Waals surface area contributed by atoms with Crippen LogP contribution in [0.2, 0.25) is 0 Å². The van der Waals surface area contributed by atoms with Gasteiger partial charge in [0.15, 0.2) is 0 Å². The Morgan fingerprint density at radius 1 is 1.05 bits per heavy atom. The smallest absolute Gasteiger partial charge is 0.286 e. The first-order chi connectivity index (χ1) is 18.3. The van der Waals surface area contributed by atoms with Crippen molar-refractivity contribution in [2.75, 3.05) is 4.90 Å². The first-order valence-electron chi connectivity index (χ1n) is 11.9. The van der Waals surface area contributed by atoms with E-state index < -0.39 is 5.91 Å². The highest BCUT2D eigenvalue weighted by atomic mass is 19.1. The van der Waals surface area contributed by atoms with Crippen LogP contribution in [0.1, 0.15) is 35.7 Å².